The molecule has 176 valence electrons. The average molecular weight is 454 g/mol. The molecule has 2 aliphatic rings. The molecule has 10 nitrogen and oxygen atoms in total. The van der Waals surface area contributed by atoms with Gasteiger partial charge in [0.2, 0.25) is 5.88 Å². The van der Waals surface area contributed by atoms with Gasteiger partial charge in [-0.1, -0.05) is 0 Å². The Kier molecular flexibility index (Phi) is 5.81. The monoisotopic (exact) mass is 453 g/mol. The van der Waals surface area contributed by atoms with Crippen molar-refractivity contribution in [3.8, 4) is 22.8 Å². The Bertz CT molecular complexity index is 1130. The van der Waals surface area contributed by atoms with Crippen LogP contribution in [0.3, 0.4) is 0 Å². The second-order valence-corrected chi connectivity index (χ2v) is 9.04. The number of nitrogens with one attached hydrogen (secondary N) is 1. The third-order valence-electron chi connectivity index (χ3n) is 6.56. The van der Waals surface area contributed by atoms with Crippen LogP contribution in [0, 0.1) is 6.92 Å². The zero-order chi connectivity index (χ0) is 23.0. The van der Waals surface area contributed by atoms with E-state index in [4.69, 9.17) is 14.6 Å². The summed E-state index contributed by atoms with van der Waals surface area (Å²) in [5.41, 5.74) is 3.91. The Labute approximate surface area is 193 Å². The van der Waals surface area contributed by atoms with Crippen molar-refractivity contribution in [1.29, 1.82) is 0 Å². The molecule has 10 heteroatoms. The molecular formula is C23H31N7O3. The van der Waals surface area contributed by atoms with Gasteiger partial charge in [0.25, 0.3) is 0 Å². The number of rotatable bonds is 5. The SMILES string of the molecule is COc1ncc(-n2nc(-c3cnn(CC4(O)CCN(C)CC4)c3)c3c2NCOCC3)cc1C. The third-order valence-corrected chi connectivity index (χ3v) is 6.56. The number of piperidine rings is 1. The Morgan fingerprint density at radius 2 is 2.09 bits per heavy atom. The summed E-state index contributed by atoms with van der Waals surface area (Å²) in [5, 5.41) is 23.9. The molecule has 0 amide bonds. The number of fused-ring (bicyclic) bond motifs is 1. The largest absolute Gasteiger partial charge is 0.481 e. The molecule has 3 aromatic heterocycles. The van der Waals surface area contributed by atoms with Crippen LogP contribution in [0.5, 0.6) is 5.88 Å². The van der Waals surface area contributed by atoms with Gasteiger partial charge in [0.1, 0.15) is 18.2 Å². The molecule has 5 rings (SSSR count). The molecular weight excluding hydrogens is 422 g/mol. The summed E-state index contributed by atoms with van der Waals surface area (Å²) in [4.78, 5) is 6.67. The molecule has 2 N–H and O–H groups in total. The maximum absolute atomic E-state index is 11.0. The molecule has 0 saturated carbocycles. The van der Waals surface area contributed by atoms with E-state index in [1.165, 1.54) is 0 Å². The standard InChI is InChI=1S/C23H31N7O3/c1-16-10-18(12-24-22(16)32-3)30-21-19(4-9-33-15-25-21)20(27-30)17-11-26-29(13-17)14-23(31)5-7-28(2)8-6-23/h10-13,25,31H,4-9,14-15H2,1-3H3. The number of aromatic nitrogens is 5. The molecule has 3 aromatic rings. The predicted octanol–water partition coefficient (Wildman–Crippen LogP) is 1.85. The van der Waals surface area contributed by atoms with Gasteiger partial charge >= 0.3 is 0 Å². The van der Waals surface area contributed by atoms with Gasteiger partial charge in [-0.2, -0.15) is 10.2 Å². The number of hydrogen-bond donors (Lipinski definition) is 2. The van der Waals surface area contributed by atoms with Gasteiger partial charge in [-0.15, -0.1) is 0 Å². The second kappa shape index (κ2) is 8.77. The minimum absolute atomic E-state index is 0.418. The molecule has 0 bridgehead atoms. The van der Waals surface area contributed by atoms with Crippen molar-refractivity contribution in [2.24, 2.45) is 0 Å². The molecule has 33 heavy (non-hydrogen) atoms. The van der Waals surface area contributed by atoms with Crippen molar-refractivity contribution >= 4 is 5.82 Å². The Morgan fingerprint density at radius 3 is 2.85 bits per heavy atom. The lowest BCUT2D eigenvalue weighted by molar-refractivity contribution is -0.0315. The first-order chi connectivity index (χ1) is 16.0. The van der Waals surface area contributed by atoms with E-state index in [1.807, 2.05) is 34.7 Å². The van der Waals surface area contributed by atoms with E-state index in [2.05, 4.69) is 27.3 Å². The minimum Gasteiger partial charge on any atom is -0.481 e. The maximum Gasteiger partial charge on any atom is 0.216 e. The Balaban J connectivity index is 1.48. The van der Waals surface area contributed by atoms with Crippen LogP contribution in [0.2, 0.25) is 0 Å². The normalized spacial score (nSPS) is 18.4. The summed E-state index contributed by atoms with van der Waals surface area (Å²) in [6, 6.07) is 2.01. The number of methoxy groups -OCH3 is 1. The highest BCUT2D eigenvalue weighted by Gasteiger charge is 2.32. The van der Waals surface area contributed by atoms with Crippen LogP contribution in [-0.2, 0) is 17.7 Å². The highest BCUT2D eigenvalue weighted by atomic mass is 16.5. The van der Waals surface area contributed by atoms with Gasteiger partial charge < -0.3 is 24.8 Å². The van der Waals surface area contributed by atoms with E-state index in [0.717, 1.165) is 66.2 Å². The van der Waals surface area contributed by atoms with Gasteiger partial charge in [0, 0.05) is 42.4 Å². The summed E-state index contributed by atoms with van der Waals surface area (Å²) in [6.07, 6.45) is 7.79. The zero-order valence-corrected chi connectivity index (χ0v) is 19.4. The zero-order valence-electron chi connectivity index (χ0n) is 19.4. The van der Waals surface area contributed by atoms with E-state index in [0.29, 0.717) is 25.8 Å². The lowest BCUT2D eigenvalue weighted by Gasteiger charge is -2.36. The smallest absolute Gasteiger partial charge is 0.216 e. The van der Waals surface area contributed by atoms with Gasteiger partial charge in [-0.3, -0.25) is 4.68 Å². The minimum atomic E-state index is -0.728. The number of aliphatic hydroxyl groups is 1. The number of anilines is 1. The third kappa shape index (κ3) is 4.33. The lowest BCUT2D eigenvalue weighted by Crippen LogP contribution is -2.45. The quantitative estimate of drug-likeness (QED) is 0.604. The van der Waals surface area contributed by atoms with Crippen molar-refractivity contribution in [3.05, 3.63) is 35.8 Å². The highest BCUT2D eigenvalue weighted by Crippen LogP contribution is 2.33. The first-order valence-corrected chi connectivity index (χ1v) is 11.3. The van der Waals surface area contributed by atoms with E-state index >= 15 is 0 Å². The lowest BCUT2D eigenvalue weighted by atomic mass is 9.92. The molecule has 0 spiro atoms. The van der Waals surface area contributed by atoms with Crippen LogP contribution in [0.15, 0.2) is 24.7 Å². The number of aryl methyl sites for hydroxylation is 1. The number of pyridine rings is 1. The fourth-order valence-corrected chi connectivity index (χ4v) is 4.60. The van der Waals surface area contributed by atoms with Gasteiger partial charge in [0.15, 0.2) is 0 Å². The van der Waals surface area contributed by atoms with E-state index < -0.39 is 5.60 Å². The van der Waals surface area contributed by atoms with Crippen molar-refractivity contribution in [1.82, 2.24) is 29.4 Å². The summed E-state index contributed by atoms with van der Waals surface area (Å²) in [7, 11) is 3.71. The fourth-order valence-electron chi connectivity index (χ4n) is 4.60. The van der Waals surface area contributed by atoms with E-state index in [-0.39, 0.29) is 0 Å². The first kappa shape index (κ1) is 21.9. The van der Waals surface area contributed by atoms with Gasteiger partial charge in [-0.25, -0.2) is 9.67 Å². The van der Waals surface area contributed by atoms with Crippen molar-refractivity contribution in [2.75, 3.05) is 45.9 Å². The summed E-state index contributed by atoms with van der Waals surface area (Å²) in [5.74, 6) is 1.50. The van der Waals surface area contributed by atoms with Crippen LogP contribution < -0.4 is 10.1 Å². The van der Waals surface area contributed by atoms with Crippen molar-refractivity contribution in [3.63, 3.8) is 0 Å². The van der Waals surface area contributed by atoms with E-state index in [1.54, 1.807) is 13.3 Å². The van der Waals surface area contributed by atoms with Crippen LogP contribution in [0.1, 0.15) is 24.0 Å². The summed E-state index contributed by atoms with van der Waals surface area (Å²) in [6.45, 7) is 5.26. The van der Waals surface area contributed by atoms with Gasteiger partial charge in [-0.05, 0) is 32.9 Å². The molecule has 5 heterocycles. The van der Waals surface area contributed by atoms with Crippen LogP contribution in [0.25, 0.3) is 16.9 Å². The van der Waals surface area contributed by atoms with Gasteiger partial charge in [0.05, 0.1) is 43.9 Å². The molecule has 0 aromatic carbocycles. The Morgan fingerprint density at radius 1 is 1.27 bits per heavy atom. The molecule has 0 atom stereocenters. The van der Waals surface area contributed by atoms with Crippen LogP contribution in [-0.4, -0.2) is 80.7 Å². The number of likely N-dealkylation sites (tertiary alicyclic amines) is 1. The number of ether oxygens (including phenoxy) is 2. The number of nitrogens with zero attached hydrogens (tertiary/aromatic N) is 6. The second-order valence-electron chi connectivity index (χ2n) is 9.04. The maximum atomic E-state index is 11.0. The fraction of sp³-hybridized carbons (Fsp3) is 0.522. The van der Waals surface area contributed by atoms with Crippen molar-refractivity contribution < 1.29 is 14.6 Å². The number of hydrogen-bond acceptors (Lipinski definition) is 8. The molecule has 0 radical (unpaired) electrons. The first-order valence-electron chi connectivity index (χ1n) is 11.3. The van der Waals surface area contributed by atoms with Crippen molar-refractivity contribution in [2.45, 2.75) is 38.3 Å². The molecule has 0 aliphatic carbocycles. The van der Waals surface area contributed by atoms with E-state index in [9.17, 15) is 5.11 Å². The molecule has 1 fully saturated rings. The Hall–Kier alpha value is -2.95. The van der Waals surface area contributed by atoms with Crippen LogP contribution in [0.4, 0.5) is 5.82 Å². The average Bonchev–Trinajstić information content (AvgIpc) is 3.32. The topological polar surface area (TPSA) is 102 Å². The molecule has 2 aliphatic heterocycles. The highest BCUT2D eigenvalue weighted by molar-refractivity contribution is 5.70. The molecule has 1 saturated heterocycles. The van der Waals surface area contributed by atoms with Crippen LogP contribution >= 0.6 is 0 Å². The molecule has 0 unspecified atom stereocenters. The predicted molar refractivity (Wildman–Crippen MR) is 124 cm³/mol. The summed E-state index contributed by atoms with van der Waals surface area (Å²) < 4.78 is 14.7. The summed E-state index contributed by atoms with van der Waals surface area (Å²) >= 11 is 0.